The predicted molar refractivity (Wildman–Crippen MR) is 109 cm³/mol. The van der Waals surface area contributed by atoms with Crippen molar-refractivity contribution >= 4 is 39.2 Å². The minimum absolute atomic E-state index is 0.178. The number of thiophene rings is 1. The van der Waals surface area contributed by atoms with Gasteiger partial charge in [-0.15, -0.1) is 11.3 Å². The minimum Gasteiger partial charge on any atom is -0.462 e. The molecule has 0 spiro atoms. The van der Waals surface area contributed by atoms with Gasteiger partial charge in [0.25, 0.3) is 5.56 Å². The third-order valence-corrected chi connectivity index (χ3v) is 5.41. The van der Waals surface area contributed by atoms with E-state index in [-0.39, 0.29) is 18.7 Å². The van der Waals surface area contributed by atoms with Crippen LogP contribution in [-0.2, 0) is 22.5 Å². The number of anilines is 1. The number of para-hydroxylation sites is 2. The molecule has 0 aliphatic heterocycles. The van der Waals surface area contributed by atoms with Crippen LogP contribution in [0.3, 0.4) is 0 Å². The van der Waals surface area contributed by atoms with Crippen LogP contribution >= 0.6 is 11.3 Å². The Kier molecular flexibility index (Phi) is 5.89. The number of aryl methyl sites for hydroxylation is 1. The van der Waals surface area contributed by atoms with Crippen molar-refractivity contribution in [3.05, 3.63) is 56.8 Å². The first-order valence-electron chi connectivity index (χ1n) is 9.00. The largest absolute Gasteiger partial charge is 0.462 e. The van der Waals surface area contributed by atoms with Crippen LogP contribution in [0.4, 0.5) is 5.00 Å². The van der Waals surface area contributed by atoms with Crippen LogP contribution in [-0.4, -0.2) is 28.0 Å². The van der Waals surface area contributed by atoms with Crippen molar-refractivity contribution in [2.75, 3.05) is 11.9 Å². The topological polar surface area (TPSA) is 90.3 Å². The average molecular weight is 399 g/mol. The number of benzene rings is 1. The molecule has 1 amide bonds. The molecule has 0 saturated carbocycles. The van der Waals surface area contributed by atoms with E-state index in [1.165, 1.54) is 22.1 Å². The van der Waals surface area contributed by atoms with E-state index in [0.29, 0.717) is 28.0 Å². The molecule has 0 unspecified atom stereocenters. The molecule has 0 aliphatic carbocycles. The maximum Gasteiger partial charge on any atom is 0.341 e. The van der Waals surface area contributed by atoms with E-state index in [2.05, 4.69) is 10.3 Å². The lowest BCUT2D eigenvalue weighted by atomic mass is 10.1. The number of fused-ring (bicyclic) bond motifs is 1. The zero-order valence-electron chi connectivity index (χ0n) is 15.9. The lowest BCUT2D eigenvalue weighted by Gasteiger charge is -2.11. The number of nitrogens with one attached hydrogen (secondary N) is 1. The number of carbonyl (C=O) groups is 2. The van der Waals surface area contributed by atoms with E-state index in [1.807, 2.05) is 19.9 Å². The molecule has 0 fully saturated rings. The first-order chi connectivity index (χ1) is 13.5. The number of nitrogens with zero attached hydrogens (tertiary/aromatic N) is 2. The third-order valence-electron chi connectivity index (χ3n) is 4.35. The second-order valence-electron chi connectivity index (χ2n) is 6.13. The minimum atomic E-state index is -0.453. The first-order valence-corrected chi connectivity index (χ1v) is 9.81. The maximum atomic E-state index is 12.7. The Morgan fingerprint density at radius 1 is 1.25 bits per heavy atom. The van der Waals surface area contributed by atoms with Gasteiger partial charge >= 0.3 is 5.97 Å². The van der Waals surface area contributed by atoms with Gasteiger partial charge in [0.1, 0.15) is 11.5 Å². The molecule has 3 rings (SSSR count). The second kappa shape index (κ2) is 8.35. The predicted octanol–water partition coefficient (Wildman–Crippen LogP) is 3.14. The van der Waals surface area contributed by atoms with Gasteiger partial charge < -0.3 is 10.1 Å². The highest BCUT2D eigenvalue weighted by Gasteiger charge is 2.23. The number of rotatable bonds is 6. The van der Waals surface area contributed by atoms with Crippen LogP contribution in [0.2, 0.25) is 0 Å². The van der Waals surface area contributed by atoms with E-state index in [9.17, 15) is 14.4 Å². The fraction of sp³-hybridized carbons (Fsp3) is 0.300. The standard InChI is InChI=1S/C20H21N3O4S/c1-4-13-12(3)28-19(18(13)20(26)27-5-2)22-16(24)11-23-15-9-7-6-8-14(15)21-10-17(23)25/h6-10H,4-5,11H2,1-3H3,(H,22,24). The van der Waals surface area contributed by atoms with Crippen molar-refractivity contribution < 1.29 is 14.3 Å². The highest BCUT2D eigenvalue weighted by atomic mass is 32.1. The first kappa shape index (κ1) is 19.8. The van der Waals surface area contributed by atoms with Crippen LogP contribution in [0.25, 0.3) is 11.0 Å². The number of amides is 1. The molecule has 1 aromatic carbocycles. The Hall–Kier alpha value is -3.00. The smallest absolute Gasteiger partial charge is 0.341 e. The zero-order chi connectivity index (χ0) is 20.3. The van der Waals surface area contributed by atoms with Crippen molar-refractivity contribution in [3.63, 3.8) is 0 Å². The summed E-state index contributed by atoms with van der Waals surface area (Å²) in [6.07, 6.45) is 1.85. The highest BCUT2D eigenvalue weighted by molar-refractivity contribution is 7.16. The van der Waals surface area contributed by atoms with E-state index in [0.717, 1.165) is 10.4 Å². The van der Waals surface area contributed by atoms with Crippen molar-refractivity contribution in [1.29, 1.82) is 0 Å². The number of aromatic nitrogens is 2. The van der Waals surface area contributed by atoms with Crippen LogP contribution in [0.15, 0.2) is 35.3 Å². The van der Waals surface area contributed by atoms with E-state index < -0.39 is 11.9 Å². The van der Waals surface area contributed by atoms with Crippen LogP contribution in [0.5, 0.6) is 0 Å². The summed E-state index contributed by atoms with van der Waals surface area (Å²) in [6.45, 7) is 5.67. The molecule has 7 nitrogen and oxygen atoms in total. The number of hydrogen-bond donors (Lipinski definition) is 1. The van der Waals surface area contributed by atoms with Crippen LogP contribution in [0, 0.1) is 6.92 Å². The van der Waals surface area contributed by atoms with Crippen molar-refractivity contribution in [2.24, 2.45) is 0 Å². The highest BCUT2D eigenvalue weighted by Crippen LogP contribution is 2.34. The summed E-state index contributed by atoms with van der Waals surface area (Å²) in [7, 11) is 0. The molecule has 0 bridgehead atoms. The fourth-order valence-electron chi connectivity index (χ4n) is 3.10. The van der Waals surface area contributed by atoms with Gasteiger partial charge in [-0.3, -0.25) is 14.2 Å². The molecule has 28 heavy (non-hydrogen) atoms. The molecule has 3 aromatic rings. The van der Waals surface area contributed by atoms with E-state index in [4.69, 9.17) is 4.74 Å². The zero-order valence-corrected chi connectivity index (χ0v) is 16.8. The number of esters is 1. The molecule has 1 N–H and O–H groups in total. The molecule has 8 heteroatoms. The summed E-state index contributed by atoms with van der Waals surface area (Å²) in [5.74, 6) is -0.849. The summed E-state index contributed by atoms with van der Waals surface area (Å²) in [5, 5.41) is 3.23. The number of ether oxygens (including phenoxy) is 1. The van der Waals surface area contributed by atoms with E-state index in [1.54, 1.807) is 25.1 Å². The van der Waals surface area contributed by atoms with Crippen molar-refractivity contribution in [2.45, 2.75) is 33.7 Å². The summed E-state index contributed by atoms with van der Waals surface area (Å²) >= 11 is 1.33. The molecular weight excluding hydrogens is 378 g/mol. The SMILES string of the molecule is CCOC(=O)c1c(NC(=O)Cn2c(=O)cnc3ccccc32)sc(C)c1CC. The molecular formula is C20H21N3O4S. The van der Waals surface area contributed by atoms with Gasteiger partial charge in [0.05, 0.1) is 29.4 Å². The Morgan fingerprint density at radius 2 is 2.00 bits per heavy atom. The molecule has 146 valence electrons. The Morgan fingerprint density at radius 3 is 2.71 bits per heavy atom. The Balaban J connectivity index is 1.92. The van der Waals surface area contributed by atoms with Gasteiger partial charge in [0.2, 0.25) is 5.91 Å². The van der Waals surface area contributed by atoms with Gasteiger partial charge in [-0.1, -0.05) is 19.1 Å². The molecule has 2 heterocycles. The maximum absolute atomic E-state index is 12.7. The normalized spacial score (nSPS) is 10.8. The van der Waals surface area contributed by atoms with Gasteiger partial charge in [0.15, 0.2) is 0 Å². The monoisotopic (exact) mass is 399 g/mol. The molecule has 0 radical (unpaired) electrons. The van der Waals surface area contributed by atoms with Gasteiger partial charge in [-0.25, -0.2) is 9.78 Å². The van der Waals surface area contributed by atoms with Crippen molar-refractivity contribution in [1.82, 2.24) is 9.55 Å². The van der Waals surface area contributed by atoms with E-state index >= 15 is 0 Å². The lowest BCUT2D eigenvalue weighted by molar-refractivity contribution is -0.116. The second-order valence-corrected chi connectivity index (χ2v) is 7.36. The van der Waals surface area contributed by atoms with Crippen molar-refractivity contribution in [3.8, 4) is 0 Å². The molecule has 2 aromatic heterocycles. The molecule has 0 saturated heterocycles. The number of hydrogen-bond acceptors (Lipinski definition) is 6. The van der Waals surface area contributed by atoms with Gasteiger partial charge in [-0.2, -0.15) is 0 Å². The lowest BCUT2D eigenvalue weighted by Crippen LogP contribution is -2.28. The summed E-state index contributed by atoms with van der Waals surface area (Å²) < 4.78 is 6.52. The summed E-state index contributed by atoms with van der Waals surface area (Å²) in [4.78, 5) is 42.4. The summed E-state index contributed by atoms with van der Waals surface area (Å²) in [6, 6.07) is 7.12. The number of carbonyl (C=O) groups excluding carboxylic acids is 2. The Bertz CT molecular complexity index is 1100. The summed E-state index contributed by atoms with van der Waals surface area (Å²) in [5.41, 5.74) is 2.10. The fourth-order valence-corrected chi connectivity index (χ4v) is 4.25. The van der Waals surface area contributed by atoms with Gasteiger partial charge in [-0.05, 0) is 38.0 Å². The average Bonchev–Trinajstić information content (AvgIpc) is 2.99. The van der Waals surface area contributed by atoms with Crippen LogP contribution in [0.1, 0.15) is 34.6 Å². The molecule has 0 aliphatic rings. The third kappa shape index (κ3) is 3.82. The molecule has 0 atom stereocenters. The van der Waals surface area contributed by atoms with Gasteiger partial charge in [0, 0.05) is 4.88 Å². The Labute approximate surface area is 166 Å². The van der Waals surface area contributed by atoms with Crippen LogP contribution < -0.4 is 10.9 Å². The quantitative estimate of drug-likeness (QED) is 0.643.